The third-order valence-corrected chi connectivity index (χ3v) is 5.41. The van der Waals surface area contributed by atoms with Crippen LogP contribution < -0.4 is 10.2 Å². The molecule has 30 heavy (non-hydrogen) atoms. The average molecular weight is 436 g/mol. The van der Waals surface area contributed by atoms with Gasteiger partial charge in [-0.2, -0.15) is 0 Å². The van der Waals surface area contributed by atoms with E-state index >= 15 is 0 Å². The van der Waals surface area contributed by atoms with Gasteiger partial charge in [0.1, 0.15) is 11.6 Å². The number of furan rings is 1. The molecule has 164 valence electrons. The maximum Gasteiger partial charge on any atom is 0.287 e. The Kier molecular flexibility index (Phi) is 8.50. The normalized spacial score (nSPS) is 14.6. The fraction of sp³-hybridized carbons (Fsp3) is 0.550. The molecule has 1 saturated heterocycles. The topological polar surface area (TPSA) is 93.0 Å². The van der Waals surface area contributed by atoms with Gasteiger partial charge in [0.15, 0.2) is 10.9 Å². The van der Waals surface area contributed by atoms with Gasteiger partial charge in [-0.05, 0) is 12.1 Å². The molecule has 0 radical (unpaired) electrons. The maximum atomic E-state index is 12.3. The lowest BCUT2D eigenvalue weighted by atomic mass is 10.4. The second kappa shape index (κ2) is 11.3. The predicted molar refractivity (Wildman–Crippen MR) is 115 cm³/mol. The molecule has 1 aliphatic rings. The minimum atomic E-state index is -0.201. The number of thioether (sulfide) groups is 1. The van der Waals surface area contributed by atoms with E-state index in [9.17, 15) is 4.79 Å². The molecule has 1 N–H and O–H groups in total. The number of ether oxygens (including phenoxy) is 2. The van der Waals surface area contributed by atoms with Gasteiger partial charge in [0, 0.05) is 53.5 Å². The molecule has 10 heteroatoms. The molecule has 0 aliphatic carbocycles. The molecule has 3 heterocycles. The number of nitrogens with one attached hydrogen (secondary N) is 1. The third kappa shape index (κ3) is 6.69. The Morgan fingerprint density at radius 2 is 2.10 bits per heavy atom. The van der Waals surface area contributed by atoms with Crippen molar-refractivity contribution in [2.45, 2.75) is 17.5 Å². The Hall–Kier alpha value is -2.14. The maximum absolute atomic E-state index is 12.3. The van der Waals surface area contributed by atoms with Crippen LogP contribution in [0.5, 0.6) is 0 Å². The summed E-state index contributed by atoms with van der Waals surface area (Å²) >= 11 is 1.46. The van der Waals surface area contributed by atoms with Crippen molar-refractivity contribution in [1.82, 2.24) is 20.2 Å². The van der Waals surface area contributed by atoms with E-state index < -0.39 is 0 Å². The first-order valence-electron chi connectivity index (χ1n) is 9.89. The minimum absolute atomic E-state index is 0.201. The molecule has 9 nitrogen and oxygen atoms in total. The molecule has 0 atom stereocenters. The molecule has 0 spiro atoms. The highest BCUT2D eigenvalue weighted by molar-refractivity contribution is 7.98. The van der Waals surface area contributed by atoms with E-state index in [0.717, 1.165) is 44.4 Å². The van der Waals surface area contributed by atoms with Crippen LogP contribution in [0.1, 0.15) is 22.0 Å². The monoisotopic (exact) mass is 435 g/mol. The van der Waals surface area contributed by atoms with Gasteiger partial charge in [-0.1, -0.05) is 11.8 Å². The van der Waals surface area contributed by atoms with E-state index in [1.165, 1.54) is 11.8 Å². The van der Waals surface area contributed by atoms with Crippen LogP contribution >= 0.6 is 11.8 Å². The Labute approximate surface area is 181 Å². The molecule has 1 aliphatic heterocycles. The van der Waals surface area contributed by atoms with E-state index in [4.69, 9.17) is 13.9 Å². The number of rotatable bonds is 10. The quantitative estimate of drug-likeness (QED) is 0.441. The van der Waals surface area contributed by atoms with Crippen molar-refractivity contribution in [3.63, 3.8) is 0 Å². The lowest BCUT2D eigenvalue weighted by Crippen LogP contribution is -2.41. The number of aromatic nitrogens is 2. The highest BCUT2D eigenvalue weighted by Crippen LogP contribution is 2.23. The number of methoxy groups -OCH3 is 1. The van der Waals surface area contributed by atoms with Gasteiger partial charge in [-0.25, -0.2) is 9.97 Å². The number of hydrogen-bond acceptors (Lipinski definition) is 9. The van der Waals surface area contributed by atoms with Crippen LogP contribution in [-0.4, -0.2) is 81.4 Å². The summed E-state index contributed by atoms with van der Waals surface area (Å²) in [6.45, 7) is 5.12. The van der Waals surface area contributed by atoms with Crippen molar-refractivity contribution >= 4 is 23.5 Å². The SMILES string of the molecule is COCc1cc(N(C)C)nc(SCc2ccc(C(=O)NCCN3CCOCC3)o2)n1. The fourth-order valence-electron chi connectivity index (χ4n) is 2.93. The molecular formula is C20H29N5O4S. The molecule has 0 bridgehead atoms. The number of nitrogens with zero attached hydrogens (tertiary/aromatic N) is 4. The summed E-state index contributed by atoms with van der Waals surface area (Å²) in [7, 11) is 5.51. The van der Waals surface area contributed by atoms with Gasteiger partial charge in [-0.15, -0.1) is 0 Å². The summed E-state index contributed by atoms with van der Waals surface area (Å²) in [5.74, 6) is 2.16. The average Bonchev–Trinajstić information content (AvgIpc) is 3.22. The largest absolute Gasteiger partial charge is 0.455 e. The third-order valence-electron chi connectivity index (χ3n) is 4.54. The van der Waals surface area contributed by atoms with E-state index in [1.54, 1.807) is 13.2 Å². The van der Waals surface area contributed by atoms with Gasteiger partial charge in [-0.3, -0.25) is 9.69 Å². The van der Waals surface area contributed by atoms with E-state index in [1.807, 2.05) is 31.1 Å². The highest BCUT2D eigenvalue weighted by atomic mass is 32.2. The summed E-state index contributed by atoms with van der Waals surface area (Å²) in [5.41, 5.74) is 0.818. The fourth-order valence-corrected chi connectivity index (χ4v) is 3.69. The van der Waals surface area contributed by atoms with Crippen LogP contribution in [0.25, 0.3) is 0 Å². The molecule has 2 aromatic rings. The molecule has 3 rings (SSSR count). The zero-order chi connectivity index (χ0) is 21.3. The van der Waals surface area contributed by atoms with Crippen molar-refractivity contribution in [1.29, 1.82) is 0 Å². The molecule has 0 saturated carbocycles. The van der Waals surface area contributed by atoms with Crippen molar-refractivity contribution < 1.29 is 18.7 Å². The summed E-state index contributed by atoms with van der Waals surface area (Å²) in [6, 6.07) is 5.42. The highest BCUT2D eigenvalue weighted by Gasteiger charge is 2.14. The van der Waals surface area contributed by atoms with Crippen molar-refractivity contribution in [3.05, 3.63) is 35.4 Å². The second-order valence-electron chi connectivity index (χ2n) is 7.09. The van der Waals surface area contributed by atoms with Gasteiger partial charge in [0.05, 0.1) is 31.3 Å². The Balaban J connectivity index is 1.50. The number of morpholine rings is 1. The van der Waals surface area contributed by atoms with E-state index in [0.29, 0.717) is 35.6 Å². The Bertz CT molecular complexity index is 823. The van der Waals surface area contributed by atoms with Crippen molar-refractivity contribution in [2.24, 2.45) is 0 Å². The standard InChI is InChI=1S/C20H29N5O4S/c1-24(2)18-12-15(13-27-3)22-20(23-18)30-14-16-4-5-17(29-16)19(26)21-6-7-25-8-10-28-11-9-25/h4-5,12H,6-11,13-14H2,1-3H3,(H,21,26). The van der Waals surface area contributed by atoms with Gasteiger partial charge in [0.2, 0.25) is 0 Å². The Morgan fingerprint density at radius 1 is 1.30 bits per heavy atom. The number of anilines is 1. The smallest absolute Gasteiger partial charge is 0.287 e. The lowest BCUT2D eigenvalue weighted by molar-refractivity contribution is 0.0382. The van der Waals surface area contributed by atoms with Crippen LogP contribution in [-0.2, 0) is 21.8 Å². The molecule has 1 fully saturated rings. The summed E-state index contributed by atoms with van der Waals surface area (Å²) in [4.78, 5) is 25.6. The van der Waals surface area contributed by atoms with Crippen LogP contribution in [0, 0.1) is 0 Å². The van der Waals surface area contributed by atoms with Crippen LogP contribution in [0.3, 0.4) is 0 Å². The number of carbonyl (C=O) groups excluding carboxylic acids is 1. The number of amides is 1. The molecule has 0 unspecified atom stereocenters. The summed E-state index contributed by atoms with van der Waals surface area (Å²) < 4.78 is 16.2. The zero-order valence-electron chi connectivity index (χ0n) is 17.7. The van der Waals surface area contributed by atoms with Crippen LogP contribution in [0.4, 0.5) is 5.82 Å². The zero-order valence-corrected chi connectivity index (χ0v) is 18.5. The minimum Gasteiger partial charge on any atom is -0.455 e. The van der Waals surface area contributed by atoms with Crippen molar-refractivity contribution in [2.75, 3.05) is 65.5 Å². The summed E-state index contributed by atoms with van der Waals surface area (Å²) in [6.07, 6.45) is 0. The van der Waals surface area contributed by atoms with E-state index in [-0.39, 0.29) is 5.91 Å². The van der Waals surface area contributed by atoms with Gasteiger partial charge >= 0.3 is 0 Å². The first-order chi connectivity index (χ1) is 14.5. The lowest BCUT2D eigenvalue weighted by Gasteiger charge is -2.26. The molecule has 0 aromatic carbocycles. The van der Waals surface area contributed by atoms with E-state index in [2.05, 4.69) is 20.2 Å². The first-order valence-corrected chi connectivity index (χ1v) is 10.9. The second-order valence-corrected chi connectivity index (χ2v) is 8.03. The van der Waals surface area contributed by atoms with Gasteiger partial charge < -0.3 is 24.1 Å². The first kappa shape index (κ1) is 22.5. The summed E-state index contributed by atoms with van der Waals surface area (Å²) in [5, 5.41) is 3.55. The van der Waals surface area contributed by atoms with Crippen molar-refractivity contribution in [3.8, 4) is 0 Å². The predicted octanol–water partition coefficient (Wildman–Crippen LogP) is 1.64. The molecule has 1 amide bonds. The Morgan fingerprint density at radius 3 is 2.83 bits per heavy atom. The molecule has 2 aromatic heterocycles. The van der Waals surface area contributed by atoms with Gasteiger partial charge in [0.25, 0.3) is 5.91 Å². The van der Waals surface area contributed by atoms with Crippen LogP contribution in [0.15, 0.2) is 27.8 Å². The number of hydrogen-bond donors (Lipinski definition) is 1. The molecular weight excluding hydrogens is 406 g/mol. The number of carbonyl (C=O) groups is 1. The van der Waals surface area contributed by atoms with Crippen LogP contribution in [0.2, 0.25) is 0 Å².